The molecule has 0 radical (unpaired) electrons. The fraction of sp³-hybridized carbons (Fsp3) is 0.278. The molecule has 1 fully saturated rings. The van der Waals surface area contributed by atoms with Crippen LogP contribution in [0.1, 0.15) is 18.4 Å². The van der Waals surface area contributed by atoms with Crippen LogP contribution >= 0.6 is 0 Å². The summed E-state index contributed by atoms with van der Waals surface area (Å²) < 4.78 is 29.7. The lowest BCUT2D eigenvalue weighted by Crippen LogP contribution is -2.17. The summed E-state index contributed by atoms with van der Waals surface area (Å²) in [5, 5.41) is 4.70. The molecule has 1 aliphatic heterocycles. The molecule has 1 aromatic heterocycles. The zero-order chi connectivity index (χ0) is 16.0. The molecule has 3 nitrogen and oxygen atoms in total. The molecule has 2 heterocycles. The number of fused-ring (bicyclic) bond motifs is 1. The van der Waals surface area contributed by atoms with Crippen molar-refractivity contribution in [3.63, 3.8) is 0 Å². The largest absolute Gasteiger partial charge is 0.372 e. The summed E-state index contributed by atoms with van der Waals surface area (Å²) in [6, 6.07) is 9.25. The highest BCUT2D eigenvalue weighted by molar-refractivity contribution is 5.82. The Balaban J connectivity index is 1.78. The van der Waals surface area contributed by atoms with Gasteiger partial charge in [-0.2, -0.15) is 5.10 Å². The van der Waals surface area contributed by atoms with Gasteiger partial charge in [0.2, 0.25) is 0 Å². The van der Waals surface area contributed by atoms with Gasteiger partial charge in [-0.3, -0.25) is 0 Å². The molecule has 118 valence electrons. The molecular formula is C18H17F2N3. The van der Waals surface area contributed by atoms with E-state index in [4.69, 9.17) is 0 Å². The molecule has 0 aliphatic carbocycles. The minimum absolute atomic E-state index is 0.0212. The van der Waals surface area contributed by atoms with Crippen LogP contribution in [0, 0.1) is 18.6 Å². The van der Waals surface area contributed by atoms with Gasteiger partial charge >= 0.3 is 0 Å². The minimum atomic E-state index is -0.555. The van der Waals surface area contributed by atoms with Crippen molar-refractivity contribution in [3.8, 4) is 5.69 Å². The standard InChI is InChI=1S/C18H17F2N3/c1-12-16(19)10-13-11-21-23(18(13)17(12)20)15-6-4-14(5-7-15)22-8-2-3-9-22/h4-7,10-11H,2-3,8-9H2,1H3. The first kappa shape index (κ1) is 14.2. The third kappa shape index (κ3) is 2.27. The number of hydrogen-bond donors (Lipinski definition) is 0. The van der Waals surface area contributed by atoms with E-state index in [2.05, 4.69) is 10.00 Å². The Hall–Kier alpha value is -2.43. The highest BCUT2D eigenvalue weighted by atomic mass is 19.1. The Labute approximate surface area is 133 Å². The van der Waals surface area contributed by atoms with Crippen LogP contribution in [0.15, 0.2) is 36.5 Å². The van der Waals surface area contributed by atoms with Crippen LogP contribution < -0.4 is 4.90 Å². The molecule has 0 N–H and O–H groups in total. The lowest BCUT2D eigenvalue weighted by molar-refractivity contribution is 0.573. The maximum atomic E-state index is 14.5. The quantitative estimate of drug-likeness (QED) is 0.706. The number of anilines is 1. The molecule has 1 aliphatic rings. The number of hydrogen-bond acceptors (Lipinski definition) is 2. The molecule has 0 spiro atoms. The van der Waals surface area contributed by atoms with Crippen molar-refractivity contribution in [2.75, 3.05) is 18.0 Å². The van der Waals surface area contributed by atoms with Gasteiger partial charge in [-0.25, -0.2) is 13.5 Å². The number of benzene rings is 2. The van der Waals surface area contributed by atoms with Gasteiger partial charge in [0.15, 0.2) is 5.82 Å². The van der Waals surface area contributed by atoms with E-state index in [0.717, 1.165) is 18.8 Å². The summed E-state index contributed by atoms with van der Waals surface area (Å²) in [5.74, 6) is -1.10. The van der Waals surface area contributed by atoms with Crippen LogP contribution in [0.3, 0.4) is 0 Å². The predicted octanol–water partition coefficient (Wildman–Crippen LogP) is 4.21. The number of halogens is 2. The third-order valence-electron chi connectivity index (χ3n) is 4.54. The smallest absolute Gasteiger partial charge is 0.155 e. The Kier molecular flexibility index (Phi) is 3.29. The van der Waals surface area contributed by atoms with Gasteiger partial charge in [0, 0.05) is 29.7 Å². The second kappa shape index (κ2) is 5.33. The van der Waals surface area contributed by atoms with Crippen molar-refractivity contribution in [3.05, 3.63) is 53.7 Å². The lowest BCUT2D eigenvalue weighted by atomic mass is 10.1. The van der Waals surface area contributed by atoms with Crippen molar-refractivity contribution in [1.82, 2.24) is 9.78 Å². The number of rotatable bonds is 2. The molecular weight excluding hydrogens is 296 g/mol. The molecule has 0 bridgehead atoms. The van der Waals surface area contributed by atoms with E-state index in [-0.39, 0.29) is 5.56 Å². The van der Waals surface area contributed by atoms with Gasteiger partial charge in [-0.05, 0) is 50.1 Å². The molecule has 4 rings (SSSR count). The molecule has 1 saturated heterocycles. The molecule has 3 aromatic rings. The van der Waals surface area contributed by atoms with Crippen molar-refractivity contribution in [2.45, 2.75) is 19.8 Å². The molecule has 0 atom stereocenters. The summed E-state index contributed by atoms with van der Waals surface area (Å²) in [7, 11) is 0. The van der Waals surface area contributed by atoms with Crippen LogP contribution in [0.4, 0.5) is 14.5 Å². The highest BCUT2D eigenvalue weighted by Gasteiger charge is 2.16. The fourth-order valence-corrected chi connectivity index (χ4v) is 3.19. The SMILES string of the molecule is Cc1c(F)cc2cnn(-c3ccc(N4CCCC4)cc3)c2c1F. The van der Waals surface area contributed by atoms with Crippen molar-refractivity contribution >= 4 is 16.6 Å². The number of nitrogens with zero attached hydrogens (tertiary/aromatic N) is 3. The second-order valence-corrected chi connectivity index (χ2v) is 6.00. The van der Waals surface area contributed by atoms with E-state index < -0.39 is 11.6 Å². The maximum absolute atomic E-state index is 14.5. The Bertz CT molecular complexity index is 862. The average Bonchev–Trinajstić information content (AvgIpc) is 3.22. The van der Waals surface area contributed by atoms with Gasteiger partial charge in [-0.1, -0.05) is 0 Å². The first-order valence-electron chi connectivity index (χ1n) is 7.83. The summed E-state index contributed by atoms with van der Waals surface area (Å²) in [4.78, 5) is 2.34. The van der Waals surface area contributed by atoms with Crippen LogP contribution in [-0.4, -0.2) is 22.9 Å². The van der Waals surface area contributed by atoms with E-state index in [0.29, 0.717) is 10.9 Å². The van der Waals surface area contributed by atoms with Gasteiger partial charge in [0.25, 0.3) is 0 Å². The van der Waals surface area contributed by atoms with Crippen molar-refractivity contribution < 1.29 is 8.78 Å². The van der Waals surface area contributed by atoms with Crippen LogP contribution in [0.5, 0.6) is 0 Å². The first-order valence-corrected chi connectivity index (χ1v) is 7.83. The Morgan fingerprint density at radius 3 is 2.35 bits per heavy atom. The topological polar surface area (TPSA) is 21.1 Å². The maximum Gasteiger partial charge on any atom is 0.155 e. The van der Waals surface area contributed by atoms with E-state index in [1.165, 1.54) is 42.4 Å². The lowest BCUT2D eigenvalue weighted by Gasteiger charge is -2.17. The zero-order valence-electron chi connectivity index (χ0n) is 12.9. The molecule has 0 amide bonds. The average molecular weight is 313 g/mol. The normalized spacial score (nSPS) is 14.8. The first-order chi connectivity index (χ1) is 11.1. The molecule has 2 aromatic carbocycles. The van der Waals surface area contributed by atoms with E-state index in [1.54, 1.807) is 0 Å². The van der Waals surface area contributed by atoms with Crippen molar-refractivity contribution in [1.29, 1.82) is 0 Å². The second-order valence-electron chi connectivity index (χ2n) is 6.00. The molecule has 5 heteroatoms. The van der Waals surface area contributed by atoms with Crippen LogP contribution in [0.25, 0.3) is 16.6 Å². The van der Waals surface area contributed by atoms with Crippen LogP contribution in [0.2, 0.25) is 0 Å². The molecule has 0 unspecified atom stereocenters. The Morgan fingerprint density at radius 2 is 1.65 bits per heavy atom. The highest BCUT2D eigenvalue weighted by Crippen LogP contribution is 2.27. The van der Waals surface area contributed by atoms with E-state index >= 15 is 0 Å². The van der Waals surface area contributed by atoms with Gasteiger partial charge in [-0.15, -0.1) is 0 Å². The summed E-state index contributed by atoms with van der Waals surface area (Å²) in [6.45, 7) is 3.60. The van der Waals surface area contributed by atoms with Gasteiger partial charge in [0.1, 0.15) is 11.3 Å². The minimum Gasteiger partial charge on any atom is -0.372 e. The monoisotopic (exact) mass is 313 g/mol. The van der Waals surface area contributed by atoms with Gasteiger partial charge in [0.05, 0.1) is 11.9 Å². The summed E-state index contributed by atoms with van der Waals surface area (Å²) in [5.41, 5.74) is 2.28. The third-order valence-corrected chi connectivity index (χ3v) is 4.54. The zero-order valence-corrected chi connectivity index (χ0v) is 12.9. The predicted molar refractivity (Wildman–Crippen MR) is 87.2 cm³/mol. The van der Waals surface area contributed by atoms with E-state index in [1.807, 2.05) is 24.3 Å². The summed E-state index contributed by atoms with van der Waals surface area (Å²) >= 11 is 0. The molecule has 0 saturated carbocycles. The Morgan fingerprint density at radius 1 is 1.00 bits per heavy atom. The van der Waals surface area contributed by atoms with Gasteiger partial charge < -0.3 is 4.90 Å². The fourth-order valence-electron chi connectivity index (χ4n) is 3.19. The number of aromatic nitrogens is 2. The summed E-state index contributed by atoms with van der Waals surface area (Å²) in [6.07, 6.45) is 3.94. The van der Waals surface area contributed by atoms with E-state index in [9.17, 15) is 8.78 Å². The molecule has 23 heavy (non-hydrogen) atoms. The van der Waals surface area contributed by atoms with Crippen molar-refractivity contribution in [2.24, 2.45) is 0 Å². The van der Waals surface area contributed by atoms with Crippen LogP contribution in [-0.2, 0) is 0 Å².